The summed E-state index contributed by atoms with van der Waals surface area (Å²) < 4.78 is 5.51. The van der Waals surface area contributed by atoms with E-state index in [1.54, 1.807) is 4.90 Å². The van der Waals surface area contributed by atoms with E-state index in [1.165, 1.54) is 0 Å². The molecule has 1 amide bonds. The number of ether oxygens (including phenoxy) is 1. The van der Waals surface area contributed by atoms with Crippen molar-refractivity contribution in [1.82, 2.24) is 4.90 Å². The van der Waals surface area contributed by atoms with Gasteiger partial charge in [0.2, 0.25) is 0 Å². The smallest absolute Gasteiger partial charge is 0.410 e. The van der Waals surface area contributed by atoms with Gasteiger partial charge in [0, 0.05) is 11.1 Å². The van der Waals surface area contributed by atoms with Crippen LogP contribution in [0.15, 0.2) is 30.3 Å². The molecular formula is C18H24N2O2. The third-order valence-electron chi connectivity index (χ3n) is 4.27. The SMILES string of the molecule is CC1(C)CC(C#N)CC(C)(C)N1C(=O)OCc1ccccc1. The third kappa shape index (κ3) is 3.41. The minimum absolute atomic E-state index is 0.0248. The van der Waals surface area contributed by atoms with Gasteiger partial charge in [-0.1, -0.05) is 30.3 Å². The predicted octanol–water partition coefficient (Wildman–Crippen LogP) is 4.12. The fourth-order valence-electron chi connectivity index (χ4n) is 3.65. The van der Waals surface area contributed by atoms with Gasteiger partial charge in [-0.15, -0.1) is 0 Å². The monoisotopic (exact) mass is 300 g/mol. The van der Waals surface area contributed by atoms with Crippen LogP contribution in [-0.4, -0.2) is 22.1 Å². The molecule has 4 nitrogen and oxygen atoms in total. The van der Waals surface area contributed by atoms with Crippen LogP contribution in [0.25, 0.3) is 0 Å². The normalized spacial score (nSPS) is 20.2. The van der Waals surface area contributed by atoms with Crippen LogP contribution in [0.2, 0.25) is 0 Å². The molecule has 0 aliphatic carbocycles. The van der Waals surface area contributed by atoms with E-state index >= 15 is 0 Å². The van der Waals surface area contributed by atoms with Crippen molar-refractivity contribution in [2.24, 2.45) is 5.92 Å². The van der Waals surface area contributed by atoms with Gasteiger partial charge in [0.25, 0.3) is 0 Å². The molecule has 1 aromatic rings. The highest BCUT2D eigenvalue weighted by Gasteiger charge is 2.48. The first-order valence-electron chi connectivity index (χ1n) is 7.67. The number of benzene rings is 1. The third-order valence-corrected chi connectivity index (χ3v) is 4.27. The van der Waals surface area contributed by atoms with Crippen LogP contribution in [0.3, 0.4) is 0 Å². The quantitative estimate of drug-likeness (QED) is 0.825. The molecule has 1 aliphatic heterocycles. The molecule has 0 N–H and O–H groups in total. The van der Waals surface area contributed by atoms with Crippen molar-refractivity contribution in [1.29, 1.82) is 5.26 Å². The highest BCUT2D eigenvalue weighted by molar-refractivity contribution is 5.70. The first-order valence-corrected chi connectivity index (χ1v) is 7.67. The molecule has 1 fully saturated rings. The predicted molar refractivity (Wildman–Crippen MR) is 85.0 cm³/mol. The van der Waals surface area contributed by atoms with E-state index in [2.05, 4.69) is 6.07 Å². The topological polar surface area (TPSA) is 53.3 Å². The van der Waals surface area contributed by atoms with Gasteiger partial charge in [0.15, 0.2) is 0 Å². The van der Waals surface area contributed by atoms with Gasteiger partial charge in [0.05, 0.1) is 12.0 Å². The Bertz CT molecular complexity index is 554. The molecule has 1 heterocycles. The van der Waals surface area contributed by atoms with Gasteiger partial charge in [0.1, 0.15) is 6.61 Å². The number of piperidine rings is 1. The summed E-state index contributed by atoms with van der Waals surface area (Å²) in [5.41, 5.74) is 0.185. The van der Waals surface area contributed by atoms with Crippen LogP contribution in [0.1, 0.15) is 46.1 Å². The number of carbonyl (C=O) groups is 1. The number of nitriles is 1. The van der Waals surface area contributed by atoms with E-state index in [9.17, 15) is 10.1 Å². The van der Waals surface area contributed by atoms with Crippen molar-refractivity contribution in [2.75, 3.05) is 0 Å². The minimum atomic E-state index is -0.393. The zero-order valence-corrected chi connectivity index (χ0v) is 13.8. The second-order valence-electron chi connectivity index (χ2n) is 7.23. The summed E-state index contributed by atoms with van der Waals surface area (Å²) in [5, 5.41) is 9.25. The molecule has 0 unspecified atom stereocenters. The molecule has 1 aromatic carbocycles. The van der Waals surface area contributed by atoms with Gasteiger partial charge in [-0.25, -0.2) is 4.79 Å². The molecular weight excluding hydrogens is 276 g/mol. The summed E-state index contributed by atoms with van der Waals surface area (Å²) >= 11 is 0. The maximum Gasteiger partial charge on any atom is 0.410 e. The fraction of sp³-hybridized carbons (Fsp3) is 0.556. The Kier molecular flexibility index (Phi) is 4.46. The van der Waals surface area contributed by atoms with Gasteiger partial charge in [-0.3, -0.25) is 4.90 Å². The molecule has 1 saturated heterocycles. The zero-order valence-electron chi connectivity index (χ0n) is 13.8. The number of amides is 1. The Balaban J connectivity index is 2.11. The van der Waals surface area contributed by atoms with E-state index < -0.39 is 11.1 Å². The largest absolute Gasteiger partial charge is 0.445 e. The molecule has 0 atom stereocenters. The van der Waals surface area contributed by atoms with E-state index in [0.29, 0.717) is 12.8 Å². The standard InChI is InChI=1S/C18H24N2O2/c1-17(2)10-15(12-19)11-18(3,4)20(17)16(21)22-13-14-8-6-5-7-9-14/h5-9,15H,10-11,13H2,1-4H3. The van der Waals surface area contributed by atoms with Gasteiger partial charge in [-0.2, -0.15) is 5.26 Å². The van der Waals surface area contributed by atoms with E-state index in [4.69, 9.17) is 4.74 Å². The summed E-state index contributed by atoms with van der Waals surface area (Å²) in [6.07, 6.45) is 1.04. The Morgan fingerprint density at radius 2 is 1.77 bits per heavy atom. The summed E-state index contributed by atoms with van der Waals surface area (Å²) in [6, 6.07) is 12.0. The van der Waals surface area contributed by atoms with Gasteiger partial charge >= 0.3 is 6.09 Å². The molecule has 22 heavy (non-hydrogen) atoms. The Morgan fingerprint density at radius 3 is 2.27 bits per heavy atom. The van der Waals surface area contributed by atoms with E-state index in [0.717, 1.165) is 5.56 Å². The van der Waals surface area contributed by atoms with E-state index in [-0.39, 0.29) is 18.6 Å². The van der Waals surface area contributed by atoms with Crippen molar-refractivity contribution in [3.8, 4) is 6.07 Å². The maximum absolute atomic E-state index is 12.6. The summed E-state index contributed by atoms with van der Waals surface area (Å²) in [5.74, 6) is -0.0248. The number of likely N-dealkylation sites (tertiary alicyclic amines) is 1. The Morgan fingerprint density at radius 1 is 1.23 bits per heavy atom. The zero-order chi connectivity index (χ0) is 16.4. The van der Waals surface area contributed by atoms with Crippen molar-refractivity contribution in [2.45, 2.75) is 58.2 Å². The molecule has 0 spiro atoms. The number of hydrogen-bond acceptors (Lipinski definition) is 3. The van der Waals surface area contributed by atoms with Crippen LogP contribution in [-0.2, 0) is 11.3 Å². The molecule has 0 saturated carbocycles. The van der Waals surface area contributed by atoms with E-state index in [1.807, 2.05) is 58.0 Å². The second kappa shape index (κ2) is 6.00. The van der Waals surface area contributed by atoms with Crippen LogP contribution in [0.5, 0.6) is 0 Å². The highest BCUT2D eigenvalue weighted by Crippen LogP contribution is 2.41. The lowest BCUT2D eigenvalue weighted by molar-refractivity contribution is -0.0367. The number of nitrogens with zero attached hydrogens (tertiary/aromatic N) is 2. The van der Waals surface area contributed by atoms with Crippen LogP contribution in [0.4, 0.5) is 4.79 Å². The van der Waals surface area contributed by atoms with Gasteiger partial charge in [-0.05, 0) is 46.1 Å². The van der Waals surface area contributed by atoms with Crippen molar-refractivity contribution < 1.29 is 9.53 Å². The molecule has 2 rings (SSSR count). The number of carbonyl (C=O) groups excluding carboxylic acids is 1. The Labute approximate surface area is 132 Å². The fourth-order valence-corrected chi connectivity index (χ4v) is 3.65. The average molecular weight is 300 g/mol. The molecule has 1 aliphatic rings. The molecule has 0 aromatic heterocycles. The molecule has 4 heteroatoms. The average Bonchev–Trinajstić information content (AvgIpc) is 2.43. The second-order valence-corrected chi connectivity index (χ2v) is 7.23. The maximum atomic E-state index is 12.6. The highest BCUT2D eigenvalue weighted by atomic mass is 16.6. The van der Waals surface area contributed by atoms with Crippen LogP contribution in [0, 0.1) is 17.2 Å². The van der Waals surface area contributed by atoms with Crippen LogP contribution < -0.4 is 0 Å². The van der Waals surface area contributed by atoms with Gasteiger partial charge < -0.3 is 4.74 Å². The van der Waals surface area contributed by atoms with Crippen LogP contribution >= 0.6 is 0 Å². The molecule has 0 radical (unpaired) electrons. The van der Waals surface area contributed by atoms with Crippen molar-refractivity contribution in [3.63, 3.8) is 0 Å². The summed E-state index contributed by atoms with van der Waals surface area (Å²) in [4.78, 5) is 14.4. The lowest BCUT2D eigenvalue weighted by Gasteiger charge is -2.53. The number of hydrogen-bond donors (Lipinski definition) is 0. The molecule has 118 valence electrons. The number of rotatable bonds is 2. The molecule has 0 bridgehead atoms. The van der Waals surface area contributed by atoms with Crippen molar-refractivity contribution >= 4 is 6.09 Å². The Hall–Kier alpha value is -2.02. The summed E-state index contributed by atoms with van der Waals surface area (Å²) in [6.45, 7) is 8.28. The summed E-state index contributed by atoms with van der Waals surface area (Å²) in [7, 11) is 0. The van der Waals surface area contributed by atoms with Crippen molar-refractivity contribution in [3.05, 3.63) is 35.9 Å². The lowest BCUT2D eigenvalue weighted by atomic mass is 9.74. The first-order chi connectivity index (χ1) is 10.3. The lowest BCUT2D eigenvalue weighted by Crippen LogP contribution is -2.62. The first kappa shape index (κ1) is 16.4. The minimum Gasteiger partial charge on any atom is -0.445 e.